The predicted molar refractivity (Wildman–Crippen MR) is 68.7 cm³/mol. The first-order chi connectivity index (χ1) is 8.76. The largest absolute Gasteiger partial charge is 0.481 e. The highest BCUT2D eigenvalue weighted by Gasteiger charge is 2.27. The van der Waals surface area contributed by atoms with Crippen LogP contribution in [0.15, 0.2) is 6.33 Å². The Bertz CT molecular complexity index is 372. The van der Waals surface area contributed by atoms with E-state index < -0.39 is 0 Å². The number of hydrogen-bond acceptors (Lipinski definition) is 5. The molecule has 1 aromatic heterocycles. The summed E-state index contributed by atoms with van der Waals surface area (Å²) < 4.78 is 10.5. The summed E-state index contributed by atoms with van der Waals surface area (Å²) in [7, 11) is 3.22. The Kier molecular flexibility index (Phi) is 4.36. The Balaban J connectivity index is 1.94. The Hall–Kier alpha value is -1.36. The van der Waals surface area contributed by atoms with Crippen LogP contribution in [-0.4, -0.2) is 30.7 Å². The number of aromatic nitrogens is 2. The lowest BCUT2D eigenvalue weighted by Crippen LogP contribution is -2.22. The number of hydrogen-bond donors (Lipinski definition) is 1. The van der Waals surface area contributed by atoms with Gasteiger partial charge in [0.15, 0.2) is 0 Å². The van der Waals surface area contributed by atoms with Crippen molar-refractivity contribution in [3.05, 3.63) is 11.9 Å². The minimum Gasteiger partial charge on any atom is -0.481 e. The van der Waals surface area contributed by atoms with Gasteiger partial charge in [-0.1, -0.05) is 6.92 Å². The molecule has 100 valence electrons. The van der Waals surface area contributed by atoms with Crippen LogP contribution in [0, 0.1) is 11.8 Å². The average Bonchev–Trinajstić information content (AvgIpc) is 3.22. The molecule has 1 saturated carbocycles. The van der Waals surface area contributed by atoms with Crippen LogP contribution in [-0.2, 0) is 6.54 Å². The van der Waals surface area contributed by atoms with E-state index in [2.05, 4.69) is 22.2 Å². The third-order valence-electron chi connectivity index (χ3n) is 3.45. The maximum Gasteiger partial charge on any atom is 0.224 e. The summed E-state index contributed by atoms with van der Waals surface area (Å²) >= 11 is 0. The van der Waals surface area contributed by atoms with Crippen molar-refractivity contribution in [2.24, 2.45) is 11.8 Å². The highest BCUT2D eigenvalue weighted by molar-refractivity contribution is 5.34. The van der Waals surface area contributed by atoms with Gasteiger partial charge in [0, 0.05) is 6.54 Å². The first kappa shape index (κ1) is 13.1. The molecule has 2 rings (SSSR count). The van der Waals surface area contributed by atoms with Crippen molar-refractivity contribution < 1.29 is 9.47 Å². The lowest BCUT2D eigenvalue weighted by atomic mass is 10.1. The SMILES string of the molecule is COc1ncnc(OC)c1CNCC(C)C1CC1. The molecule has 1 aliphatic rings. The lowest BCUT2D eigenvalue weighted by Gasteiger charge is -2.14. The molecule has 0 radical (unpaired) electrons. The number of methoxy groups -OCH3 is 2. The molecule has 0 aliphatic heterocycles. The molecule has 5 nitrogen and oxygen atoms in total. The molecule has 0 saturated heterocycles. The van der Waals surface area contributed by atoms with Gasteiger partial charge < -0.3 is 14.8 Å². The van der Waals surface area contributed by atoms with Crippen LogP contribution < -0.4 is 14.8 Å². The van der Waals surface area contributed by atoms with Gasteiger partial charge in [0.1, 0.15) is 6.33 Å². The van der Waals surface area contributed by atoms with Crippen LogP contribution in [0.4, 0.5) is 0 Å². The summed E-state index contributed by atoms with van der Waals surface area (Å²) in [6, 6.07) is 0. The Morgan fingerprint density at radius 2 is 1.89 bits per heavy atom. The fourth-order valence-electron chi connectivity index (χ4n) is 2.14. The fourth-order valence-corrected chi connectivity index (χ4v) is 2.14. The molecule has 1 aliphatic carbocycles. The lowest BCUT2D eigenvalue weighted by molar-refractivity contribution is 0.356. The van der Waals surface area contributed by atoms with Crippen LogP contribution in [0.2, 0.25) is 0 Å². The smallest absolute Gasteiger partial charge is 0.224 e. The molecule has 0 aromatic carbocycles. The summed E-state index contributed by atoms with van der Waals surface area (Å²) in [6.45, 7) is 3.97. The predicted octanol–water partition coefficient (Wildman–Crippen LogP) is 1.63. The maximum atomic E-state index is 5.23. The molecule has 0 bridgehead atoms. The molecule has 1 fully saturated rings. The van der Waals surface area contributed by atoms with Gasteiger partial charge in [-0.05, 0) is 31.2 Å². The van der Waals surface area contributed by atoms with E-state index in [1.54, 1.807) is 14.2 Å². The number of ether oxygens (including phenoxy) is 2. The third kappa shape index (κ3) is 3.10. The summed E-state index contributed by atoms with van der Waals surface area (Å²) in [4.78, 5) is 8.20. The fraction of sp³-hybridized carbons (Fsp3) is 0.692. The highest BCUT2D eigenvalue weighted by atomic mass is 16.5. The second kappa shape index (κ2) is 6.00. The van der Waals surface area contributed by atoms with Crippen molar-refractivity contribution in [1.82, 2.24) is 15.3 Å². The number of nitrogens with zero attached hydrogens (tertiary/aromatic N) is 2. The van der Waals surface area contributed by atoms with Crippen molar-refractivity contribution in [3.63, 3.8) is 0 Å². The van der Waals surface area contributed by atoms with E-state index in [4.69, 9.17) is 9.47 Å². The van der Waals surface area contributed by atoms with E-state index >= 15 is 0 Å². The normalized spacial score (nSPS) is 16.4. The molecule has 0 spiro atoms. The van der Waals surface area contributed by atoms with Gasteiger partial charge in [-0.2, -0.15) is 0 Å². The first-order valence-electron chi connectivity index (χ1n) is 6.38. The molecule has 0 amide bonds. The monoisotopic (exact) mass is 251 g/mol. The van der Waals surface area contributed by atoms with E-state index in [1.165, 1.54) is 19.2 Å². The van der Waals surface area contributed by atoms with E-state index in [0.29, 0.717) is 18.3 Å². The van der Waals surface area contributed by atoms with E-state index in [9.17, 15) is 0 Å². The van der Waals surface area contributed by atoms with Crippen LogP contribution >= 0.6 is 0 Å². The average molecular weight is 251 g/mol. The van der Waals surface area contributed by atoms with E-state index in [1.807, 2.05) is 0 Å². The van der Waals surface area contributed by atoms with Gasteiger partial charge in [0.2, 0.25) is 11.8 Å². The number of rotatable bonds is 7. The van der Waals surface area contributed by atoms with Gasteiger partial charge >= 0.3 is 0 Å². The Morgan fingerprint density at radius 3 is 2.39 bits per heavy atom. The first-order valence-corrected chi connectivity index (χ1v) is 6.38. The molecule has 1 aromatic rings. The summed E-state index contributed by atoms with van der Waals surface area (Å²) in [5, 5.41) is 3.43. The van der Waals surface area contributed by atoms with Crippen LogP contribution in [0.3, 0.4) is 0 Å². The van der Waals surface area contributed by atoms with Gasteiger partial charge in [0.05, 0.1) is 19.8 Å². The van der Waals surface area contributed by atoms with Crippen molar-refractivity contribution in [1.29, 1.82) is 0 Å². The van der Waals surface area contributed by atoms with Crippen molar-refractivity contribution >= 4 is 0 Å². The van der Waals surface area contributed by atoms with Crippen molar-refractivity contribution in [2.75, 3.05) is 20.8 Å². The van der Waals surface area contributed by atoms with Crippen molar-refractivity contribution in [3.8, 4) is 11.8 Å². The summed E-state index contributed by atoms with van der Waals surface area (Å²) in [6.07, 6.45) is 4.21. The zero-order valence-electron chi connectivity index (χ0n) is 11.3. The van der Waals surface area contributed by atoms with E-state index in [-0.39, 0.29) is 0 Å². The molecule has 1 atom stereocenters. The molecule has 1 N–H and O–H groups in total. The molecule has 5 heteroatoms. The summed E-state index contributed by atoms with van der Waals surface area (Å²) in [5.41, 5.74) is 0.880. The van der Waals surface area contributed by atoms with Gasteiger partial charge in [-0.25, -0.2) is 9.97 Å². The topological polar surface area (TPSA) is 56.3 Å². The highest BCUT2D eigenvalue weighted by Crippen LogP contribution is 2.36. The van der Waals surface area contributed by atoms with Crippen molar-refractivity contribution in [2.45, 2.75) is 26.3 Å². The van der Waals surface area contributed by atoms with Gasteiger partial charge in [0.25, 0.3) is 0 Å². The molecular formula is C13H21N3O2. The standard InChI is InChI=1S/C13H21N3O2/c1-9(10-4-5-10)6-14-7-11-12(17-2)15-8-16-13(11)18-3/h8-10,14H,4-7H2,1-3H3. The minimum atomic E-state index is 0.577. The molecule has 1 unspecified atom stereocenters. The Morgan fingerprint density at radius 1 is 1.28 bits per heavy atom. The second-order valence-corrected chi connectivity index (χ2v) is 4.82. The van der Waals surface area contributed by atoms with Crippen LogP contribution in [0.5, 0.6) is 11.8 Å². The zero-order valence-corrected chi connectivity index (χ0v) is 11.3. The molecule has 1 heterocycles. The zero-order chi connectivity index (χ0) is 13.0. The summed E-state index contributed by atoms with van der Waals surface area (Å²) in [5.74, 6) is 2.79. The quantitative estimate of drug-likeness (QED) is 0.798. The minimum absolute atomic E-state index is 0.577. The number of nitrogens with one attached hydrogen (secondary N) is 1. The van der Waals surface area contributed by atoms with Gasteiger partial charge in [-0.15, -0.1) is 0 Å². The van der Waals surface area contributed by atoms with E-state index in [0.717, 1.165) is 23.9 Å². The second-order valence-electron chi connectivity index (χ2n) is 4.82. The maximum absolute atomic E-state index is 5.23. The van der Waals surface area contributed by atoms with Gasteiger partial charge in [-0.3, -0.25) is 0 Å². The third-order valence-corrected chi connectivity index (χ3v) is 3.45. The molecular weight excluding hydrogens is 230 g/mol. The van der Waals surface area contributed by atoms with Crippen LogP contribution in [0.25, 0.3) is 0 Å². The Labute approximate surface area is 108 Å². The van der Waals surface area contributed by atoms with Crippen LogP contribution in [0.1, 0.15) is 25.3 Å². The molecule has 18 heavy (non-hydrogen) atoms.